The molecule has 2 N–H and O–H groups in total. The van der Waals surface area contributed by atoms with Crippen molar-refractivity contribution >= 4 is 57.8 Å². The van der Waals surface area contributed by atoms with Crippen LogP contribution in [0.2, 0.25) is 5.02 Å². The van der Waals surface area contributed by atoms with Gasteiger partial charge in [0.15, 0.2) is 6.61 Å². The van der Waals surface area contributed by atoms with E-state index in [1.807, 2.05) is 0 Å². The van der Waals surface area contributed by atoms with Crippen LogP contribution in [-0.4, -0.2) is 29.3 Å². The highest BCUT2D eigenvalue weighted by atomic mass is 35.5. The number of rotatable bonds is 7. The molecule has 0 fully saturated rings. The van der Waals surface area contributed by atoms with E-state index in [0.29, 0.717) is 10.6 Å². The van der Waals surface area contributed by atoms with Gasteiger partial charge in [0, 0.05) is 17.4 Å². The molecule has 0 saturated carbocycles. The van der Waals surface area contributed by atoms with Crippen molar-refractivity contribution in [1.82, 2.24) is 0 Å². The molecule has 158 valence electrons. The van der Waals surface area contributed by atoms with Gasteiger partial charge in [-0.2, -0.15) is 0 Å². The van der Waals surface area contributed by atoms with Crippen molar-refractivity contribution in [2.45, 2.75) is 0 Å². The highest BCUT2D eigenvalue weighted by Gasteiger charge is 2.16. The Labute approximate surface area is 184 Å². The summed E-state index contributed by atoms with van der Waals surface area (Å²) in [5, 5.41) is 17.7. The van der Waals surface area contributed by atoms with E-state index in [0.717, 1.165) is 6.07 Å². The number of nitro groups is 1. The summed E-state index contributed by atoms with van der Waals surface area (Å²) < 4.78 is 4.97. The van der Waals surface area contributed by atoms with E-state index in [2.05, 4.69) is 10.6 Å². The molecule has 0 bridgehead atoms. The van der Waals surface area contributed by atoms with Crippen LogP contribution in [-0.2, 0) is 9.53 Å². The fraction of sp³-hybridized carbons (Fsp3) is 0.0500. The normalized spacial score (nSPS) is 10.2. The zero-order chi connectivity index (χ0) is 22.4. The van der Waals surface area contributed by atoms with Gasteiger partial charge in [-0.05, 0) is 41.8 Å². The third kappa shape index (κ3) is 5.87. The second kappa shape index (κ2) is 9.83. The van der Waals surface area contributed by atoms with Crippen LogP contribution in [0.1, 0.15) is 20.0 Å². The topological polar surface area (TPSA) is 128 Å². The molecule has 3 aromatic rings. The molecule has 0 saturated heterocycles. The maximum Gasteiger partial charge on any atom is 0.338 e. The fourth-order valence-corrected chi connectivity index (χ4v) is 3.27. The summed E-state index contributed by atoms with van der Waals surface area (Å²) in [6.45, 7) is -0.610. The van der Waals surface area contributed by atoms with Crippen molar-refractivity contribution in [3.8, 4) is 0 Å². The number of anilines is 2. The van der Waals surface area contributed by atoms with Gasteiger partial charge in [0.25, 0.3) is 17.5 Å². The number of ether oxygens (including phenoxy) is 1. The van der Waals surface area contributed by atoms with E-state index in [1.165, 1.54) is 35.6 Å². The summed E-state index contributed by atoms with van der Waals surface area (Å²) in [6.07, 6.45) is 0. The standard InChI is InChI=1S/C20H14ClN3O6S/c21-15-7-6-14(10-16(15)24(28)29)22-18(25)11-30-20(27)12-3-1-4-13(9-12)23-19(26)17-5-2-8-31-17/h1-10H,11H2,(H,22,25)(H,23,26). The Kier molecular flexibility index (Phi) is 6.96. The molecule has 0 radical (unpaired) electrons. The molecule has 3 rings (SSSR count). The average Bonchev–Trinajstić information content (AvgIpc) is 3.28. The molecule has 0 aliphatic heterocycles. The number of nitro benzene ring substituents is 1. The maximum atomic E-state index is 12.2. The van der Waals surface area contributed by atoms with Crippen LogP contribution in [0.4, 0.5) is 17.1 Å². The number of hydrogen-bond acceptors (Lipinski definition) is 7. The first-order valence-corrected chi connectivity index (χ1v) is 9.95. The van der Waals surface area contributed by atoms with Crippen molar-refractivity contribution < 1.29 is 24.0 Å². The summed E-state index contributed by atoms with van der Waals surface area (Å²) in [5.41, 5.74) is 0.304. The molecule has 1 heterocycles. The largest absolute Gasteiger partial charge is 0.452 e. The number of carbonyl (C=O) groups is 3. The molecule has 0 atom stereocenters. The second-order valence-electron chi connectivity index (χ2n) is 6.06. The van der Waals surface area contributed by atoms with E-state index < -0.39 is 23.4 Å². The molecule has 1 aromatic heterocycles. The molecular weight excluding hydrogens is 446 g/mol. The lowest BCUT2D eigenvalue weighted by molar-refractivity contribution is -0.384. The molecule has 9 nitrogen and oxygen atoms in total. The second-order valence-corrected chi connectivity index (χ2v) is 7.41. The zero-order valence-electron chi connectivity index (χ0n) is 15.7. The van der Waals surface area contributed by atoms with Crippen LogP contribution in [0.15, 0.2) is 60.0 Å². The van der Waals surface area contributed by atoms with Gasteiger partial charge in [0.05, 0.1) is 15.4 Å². The smallest absolute Gasteiger partial charge is 0.338 e. The van der Waals surface area contributed by atoms with Crippen LogP contribution in [0.3, 0.4) is 0 Å². The number of hydrogen-bond donors (Lipinski definition) is 2. The summed E-state index contributed by atoms with van der Waals surface area (Å²) in [7, 11) is 0. The van der Waals surface area contributed by atoms with Crippen molar-refractivity contribution in [3.05, 3.63) is 85.6 Å². The third-order valence-electron chi connectivity index (χ3n) is 3.86. The van der Waals surface area contributed by atoms with Gasteiger partial charge < -0.3 is 15.4 Å². The minimum Gasteiger partial charge on any atom is -0.452 e. The van der Waals surface area contributed by atoms with Gasteiger partial charge in [0.1, 0.15) is 5.02 Å². The molecule has 0 aliphatic rings. The number of halogens is 1. The van der Waals surface area contributed by atoms with Gasteiger partial charge in [-0.3, -0.25) is 19.7 Å². The minimum atomic E-state index is -0.774. The zero-order valence-corrected chi connectivity index (χ0v) is 17.2. The Hall–Kier alpha value is -3.76. The highest BCUT2D eigenvalue weighted by molar-refractivity contribution is 7.12. The van der Waals surface area contributed by atoms with E-state index in [9.17, 15) is 24.5 Å². The average molecular weight is 460 g/mol. The van der Waals surface area contributed by atoms with Gasteiger partial charge in [-0.15, -0.1) is 11.3 Å². The Balaban J connectivity index is 1.57. The van der Waals surface area contributed by atoms with Crippen LogP contribution in [0.25, 0.3) is 0 Å². The van der Waals surface area contributed by atoms with Gasteiger partial charge >= 0.3 is 5.97 Å². The van der Waals surface area contributed by atoms with Crippen molar-refractivity contribution in [1.29, 1.82) is 0 Å². The molecular formula is C20H14ClN3O6S. The van der Waals surface area contributed by atoms with E-state index in [-0.39, 0.29) is 27.9 Å². The van der Waals surface area contributed by atoms with Crippen LogP contribution >= 0.6 is 22.9 Å². The number of thiophene rings is 1. The predicted octanol–water partition coefficient (Wildman–Crippen LogP) is 4.36. The SMILES string of the molecule is O=C(COC(=O)c1cccc(NC(=O)c2cccs2)c1)Nc1ccc(Cl)c([N+](=O)[O-])c1. The fourth-order valence-electron chi connectivity index (χ4n) is 2.47. The lowest BCUT2D eigenvalue weighted by Crippen LogP contribution is -2.21. The van der Waals surface area contributed by atoms with E-state index >= 15 is 0 Å². The van der Waals surface area contributed by atoms with Gasteiger partial charge in [-0.1, -0.05) is 23.7 Å². The van der Waals surface area contributed by atoms with E-state index in [1.54, 1.807) is 29.6 Å². The third-order valence-corrected chi connectivity index (χ3v) is 5.05. The predicted molar refractivity (Wildman–Crippen MR) is 116 cm³/mol. The quantitative estimate of drug-likeness (QED) is 0.307. The first kappa shape index (κ1) is 21.9. The summed E-state index contributed by atoms with van der Waals surface area (Å²) in [4.78, 5) is 47.1. The summed E-state index contributed by atoms with van der Waals surface area (Å²) >= 11 is 7.01. The number of nitrogens with zero attached hydrogens (tertiary/aromatic N) is 1. The minimum absolute atomic E-state index is 0.0690. The number of esters is 1. The molecule has 31 heavy (non-hydrogen) atoms. The van der Waals surface area contributed by atoms with Crippen LogP contribution in [0, 0.1) is 10.1 Å². The number of nitrogens with one attached hydrogen (secondary N) is 2. The van der Waals surface area contributed by atoms with Crippen molar-refractivity contribution in [3.63, 3.8) is 0 Å². The van der Waals surface area contributed by atoms with E-state index in [4.69, 9.17) is 16.3 Å². The summed E-state index contributed by atoms with van der Waals surface area (Å²) in [6, 6.07) is 13.3. The van der Waals surface area contributed by atoms with Crippen molar-refractivity contribution in [2.24, 2.45) is 0 Å². The molecule has 0 aliphatic carbocycles. The first-order chi connectivity index (χ1) is 14.8. The Morgan fingerprint density at radius 3 is 2.52 bits per heavy atom. The first-order valence-electron chi connectivity index (χ1n) is 8.69. The number of carbonyl (C=O) groups excluding carboxylic acids is 3. The lowest BCUT2D eigenvalue weighted by Gasteiger charge is -2.08. The molecule has 0 unspecified atom stereocenters. The van der Waals surface area contributed by atoms with Crippen LogP contribution < -0.4 is 10.6 Å². The maximum absolute atomic E-state index is 12.2. The Morgan fingerprint density at radius 1 is 1.03 bits per heavy atom. The van der Waals surface area contributed by atoms with Gasteiger partial charge in [-0.25, -0.2) is 4.79 Å². The Bertz CT molecular complexity index is 1150. The molecule has 11 heteroatoms. The molecule has 2 amide bonds. The summed E-state index contributed by atoms with van der Waals surface area (Å²) in [5.74, 6) is -1.77. The number of amides is 2. The van der Waals surface area contributed by atoms with Crippen LogP contribution in [0.5, 0.6) is 0 Å². The monoisotopic (exact) mass is 459 g/mol. The van der Waals surface area contributed by atoms with Gasteiger partial charge in [0.2, 0.25) is 0 Å². The Morgan fingerprint density at radius 2 is 1.81 bits per heavy atom. The molecule has 2 aromatic carbocycles. The number of benzene rings is 2. The van der Waals surface area contributed by atoms with Crippen molar-refractivity contribution in [2.75, 3.05) is 17.2 Å². The molecule has 0 spiro atoms. The highest BCUT2D eigenvalue weighted by Crippen LogP contribution is 2.27. The lowest BCUT2D eigenvalue weighted by atomic mass is 10.2.